The summed E-state index contributed by atoms with van der Waals surface area (Å²) in [6, 6.07) is 8.51. The van der Waals surface area contributed by atoms with Crippen molar-refractivity contribution in [1.82, 2.24) is 4.98 Å². The summed E-state index contributed by atoms with van der Waals surface area (Å²) in [5, 5.41) is 7.11. The van der Waals surface area contributed by atoms with Crippen LogP contribution in [-0.2, 0) is 10.1 Å². The SMILES string of the molecule is CCCN(c1ccc(/N=N/c2ccc(Br)cn2)c(N)c1)C(CC)S(=O)(=O)O.[NaH]. The van der Waals surface area contributed by atoms with Crippen LogP contribution in [0.3, 0.4) is 0 Å². The van der Waals surface area contributed by atoms with Crippen LogP contribution >= 0.6 is 15.9 Å². The first-order chi connectivity index (χ1) is 12.8. The van der Waals surface area contributed by atoms with Crippen LogP contribution in [0.15, 0.2) is 51.2 Å². The standard InChI is InChI=1S/C17H22BrN5O3S.Na.H/c1-3-9-23(17(4-2)27(24,25)26)13-6-7-15(14(19)10-13)21-22-16-8-5-12(18)11-20-16;;/h5-8,10-11,17H,3-4,9,19H2,1-2H3,(H,24,25,26);;/b22-21+;;. The van der Waals surface area contributed by atoms with Crippen LogP contribution in [0, 0.1) is 0 Å². The predicted octanol–water partition coefficient (Wildman–Crippen LogP) is 4.03. The van der Waals surface area contributed by atoms with Gasteiger partial charge in [-0.1, -0.05) is 13.8 Å². The number of aromatic nitrogens is 1. The van der Waals surface area contributed by atoms with Crippen molar-refractivity contribution in [2.75, 3.05) is 17.2 Å². The Morgan fingerprint density at radius 2 is 1.96 bits per heavy atom. The molecule has 0 radical (unpaired) electrons. The second-order valence-corrected chi connectivity index (χ2v) is 8.34. The van der Waals surface area contributed by atoms with Crippen LogP contribution in [0.5, 0.6) is 0 Å². The van der Waals surface area contributed by atoms with Crippen LogP contribution in [0.1, 0.15) is 26.7 Å². The molecule has 11 heteroatoms. The number of nitrogens with two attached hydrogens (primary N) is 1. The van der Waals surface area contributed by atoms with Crippen molar-refractivity contribution in [2.45, 2.75) is 32.1 Å². The molecule has 0 saturated carbocycles. The van der Waals surface area contributed by atoms with Gasteiger partial charge in [-0.15, -0.1) is 10.2 Å². The summed E-state index contributed by atoms with van der Waals surface area (Å²) in [6.07, 6.45) is 2.57. The van der Waals surface area contributed by atoms with Gasteiger partial charge in [-0.2, -0.15) is 8.42 Å². The Balaban J connectivity index is 0.00000392. The number of halogens is 1. The zero-order valence-electron chi connectivity index (χ0n) is 15.1. The van der Waals surface area contributed by atoms with E-state index in [1.54, 1.807) is 48.4 Å². The minimum atomic E-state index is -4.23. The number of benzene rings is 1. The molecule has 0 aliphatic carbocycles. The van der Waals surface area contributed by atoms with Gasteiger partial charge in [-0.05, 0) is 59.1 Å². The van der Waals surface area contributed by atoms with E-state index in [9.17, 15) is 13.0 Å². The molecule has 1 heterocycles. The van der Waals surface area contributed by atoms with Gasteiger partial charge in [-0.25, -0.2) is 4.98 Å². The van der Waals surface area contributed by atoms with Crippen molar-refractivity contribution in [1.29, 1.82) is 0 Å². The normalized spacial score (nSPS) is 12.6. The van der Waals surface area contributed by atoms with Gasteiger partial charge in [-0.3, -0.25) is 4.55 Å². The summed E-state index contributed by atoms with van der Waals surface area (Å²) in [5.74, 6) is 0.437. The first-order valence-corrected chi connectivity index (χ1v) is 10.7. The number of nitrogen functional groups attached to an aromatic ring is 1. The molecule has 0 amide bonds. The van der Waals surface area contributed by atoms with Crippen LogP contribution in [0.2, 0.25) is 0 Å². The third kappa shape index (κ3) is 6.78. The third-order valence-electron chi connectivity index (χ3n) is 3.82. The second kappa shape index (κ2) is 11.2. The van der Waals surface area contributed by atoms with Crippen molar-refractivity contribution < 1.29 is 13.0 Å². The minimum absolute atomic E-state index is 0. The van der Waals surface area contributed by atoms with E-state index in [1.165, 1.54) is 0 Å². The Bertz CT molecular complexity index is 910. The van der Waals surface area contributed by atoms with Gasteiger partial charge < -0.3 is 10.6 Å². The molecule has 3 N–H and O–H groups in total. The Labute approximate surface area is 195 Å². The fraction of sp³-hybridized carbons (Fsp3) is 0.353. The third-order valence-corrected chi connectivity index (χ3v) is 5.56. The zero-order chi connectivity index (χ0) is 20.0. The molecule has 0 saturated heterocycles. The second-order valence-electron chi connectivity index (χ2n) is 5.85. The summed E-state index contributed by atoms with van der Waals surface area (Å²) in [6.45, 7) is 4.10. The summed E-state index contributed by atoms with van der Waals surface area (Å²) in [7, 11) is -4.23. The first-order valence-electron chi connectivity index (χ1n) is 8.42. The molecule has 28 heavy (non-hydrogen) atoms. The van der Waals surface area contributed by atoms with Gasteiger partial charge in [0.25, 0.3) is 10.1 Å². The Kier molecular flexibility index (Phi) is 10.0. The molecule has 1 unspecified atom stereocenters. The van der Waals surface area contributed by atoms with E-state index in [0.29, 0.717) is 35.8 Å². The van der Waals surface area contributed by atoms with E-state index in [0.717, 1.165) is 4.47 Å². The van der Waals surface area contributed by atoms with Crippen molar-refractivity contribution in [2.24, 2.45) is 10.2 Å². The fourth-order valence-corrected chi connectivity index (χ4v) is 3.82. The molecule has 0 bridgehead atoms. The molecule has 0 aliphatic rings. The van der Waals surface area contributed by atoms with E-state index in [1.807, 2.05) is 6.92 Å². The number of nitrogens with zero attached hydrogens (tertiary/aromatic N) is 4. The summed E-state index contributed by atoms with van der Waals surface area (Å²) >= 11 is 3.30. The number of pyridine rings is 1. The van der Waals surface area contributed by atoms with Crippen LogP contribution in [0.4, 0.5) is 22.9 Å². The molecular weight excluding hydrogens is 457 g/mol. The molecule has 0 spiro atoms. The quantitative estimate of drug-likeness (QED) is 0.255. The molecular formula is C17H23BrN5NaO3S. The van der Waals surface area contributed by atoms with Crippen molar-refractivity contribution in [3.8, 4) is 0 Å². The molecule has 2 rings (SSSR count). The van der Waals surface area contributed by atoms with Crippen LogP contribution in [-0.4, -0.2) is 59.4 Å². The number of azo groups is 1. The fourth-order valence-electron chi connectivity index (χ4n) is 2.62. The molecule has 0 aliphatic heterocycles. The average Bonchev–Trinajstić information content (AvgIpc) is 2.61. The average molecular weight is 480 g/mol. The number of rotatable bonds is 8. The molecule has 2 aromatic rings. The van der Waals surface area contributed by atoms with Crippen LogP contribution < -0.4 is 10.6 Å². The monoisotopic (exact) mass is 479 g/mol. The summed E-state index contributed by atoms with van der Waals surface area (Å²) < 4.78 is 33.8. The summed E-state index contributed by atoms with van der Waals surface area (Å²) in [5.41, 5.74) is 7.46. The van der Waals surface area contributed by atoms with Crippen LogP contribution in [0.25, 0.3) is 0 Å². The molecule has 8 nitrogen and oxygen atoms in total. The van der Waals surface area contributed by atoms with Gasteiger partial charge in [0.05, 0.1) is 5.69 Å². The van der Waals surface area contributed by atoms with E-state index in [4.69, 9.17) is 5.73 Å². The molecule has 0 fully saturated rings. The van der Waals surface area contributed by atoms with Gasteiger partial charge in [0.15, 0.2) is 11.2 Å². The summed E-state index contributed by atoms with van der Waals surface area (Å²) in [4.78, 5) is 5.73. The van der Waals surface area contributed by atoms with Gasteiger partial charge in [0, 0.05) is 22.9 Å². The Morgan fingerprint density at radius 1 is 1.25 bits per heavy atom. The first kappa shape index (κ1) is 25.0. The zero-order valence-corrected chi connectivity index (χ0v) is 17.5. The number of anilines is 2. The van der Waals surface area contributed by atoms with E-state index in [-0.39, 0.29) is 36.0 Å². The van der Waals surface area contributed by atoms with E-state index < -0.39 is 15.5 Å². The van der Waals surface area contributed by atoms with E-state index in [2.05, 4.69) is 31.1 Å². The van der Waals surface area contributed by atoms with Crippen molar-refractivity contribution in [3.63, 3.8) is 0 Å². The number of hydrogen-bond donors (Lipinski definition) is 2. The van der Waals surface area contributed by atoms with Crippen molar-refractivity contribution in [3.05, 3.63) is 41.0 Å². The molecule has 1 aromatic heterocycles. The van der Waals surface area contributed by atoms with Gasteiger partial charge >= 0.3 is 29.6 Å². The Morgan fingerprint density at radius 3 is 2.46 bits per heavy atom. The number of hydrogen-bond acceptors (Lipinski definition) is 7. The Hall–Kier alpha value is -1.04. The maximum atomic E-state index is 11.7. The molecule has 1 aromatic carbocycles. The van der Waals surface area contributed by atoms with Gasteiger partial charge in [0.2, 0.25) is 0 Å². The molecule has 1 atom stereocenters. The maximum absolute atomic E-state index is 11.7. The molecule has 148 valence electrons. The predicted molar refractivity (Wildman–Crippen MR) is 117 cm³/mol. The van der Waals surface area contributed by atoms with E-state index >= 15 is 0 Å². The van der Waals surface area contributed by atoms with Gasteiger partial charge in [0.1, 0.15) is 5.69 Å². The topological polar surface area (TPSA) is 121 Å². The van der Waals surface area contributed by atoms with Crippen molar-refractivity contribution >= 4 is 78.5 Å².